The summed E-state index contributed by atoms with van der Waals surface area (Å²) in [6.07, 6.45) is 3.38. The van der Waals surface area contributed by atoms with Gasteiger partial charge in [-0.2, -0.15) is 0 Å². The van der Waals surface area contributed by atoms with E-state index in [0.29, 0.717) is 23.6 Å². The van der Waals surface area contributed by atoms with Crippen LogP contribution in [-0.4, -0.2) is 23.2 Å². The second-order valence-corrected chi connectivity index (χ2v) is 8.44. The zero-order valence-corrected chi connectivity index (χ0v) is 17.0. The first-order valence-electron chi connectivity index (χ1n) is 9.46. The summed E-state index contributed by atoms with van der Waals surface area (Å²) in [5.74, 6) is 3.08. The maximum atomic E-state index is 13.0. The van der Waals surface area contributed by atoms with Crippen LogP contribution in [-0.2, 0) is 4.79 Å². The Kier molecular flexibility index (Phi) is 5.64. The predicted octanol–water partition coefficient (Wildman–Crippen LogP) is 4.70. The highest BCUT2D eigenvalue weighted by Crippen LogP contribution is 2.45. The molecule has 0 bridgehead atoms. The number of nitrogens with one attached hydrogen (secondary N) is 2. The monoisotopic (exact) mass is 382 g/mol. The first-order valence-corrected chi connectivity index (χ1v) is 9.87. The molecule has 1 aromatic carbocycles. The van der Waals surface area contributed by atoms with Crippen molar-refractivity contribution in [3.05, 3.63) is 46.7 Å². The van der Waals surface area contributed by atoms with Crippen molar-refractivity contribution in [2.24, 2.45) is 5.41 Å². The van der Waals surface area contributed by atoms with Gasteiger partial charge in [0.1, 0.15) is 10.7 Å². The molecule has 1 aliphatic heterocycles. The second kappa shape index (κ2) is 7.79. The lowest BCUT2D eigenvalue weighted by Gasteiger charge is -2.39. The molecule has 1 unspecified atom stereocenters. The fraction of sp³-hybridized carbons (Fsp3) is 0.455. The van der Waals surface area contributed by atoms with E-state index in [1.165, 1.54) is 0 Å². The van der Waals surface area contributed by atoms with Gasteiger partial charge in [-0.3, -0.25) is 10.2 Å². The minimum atomic E-state index is -0.334. The molecule has 5 heteroatoms. The van der Waals surface area contributed by atoms with Crippen molar-refractivity contribution in [2.75, 3.05) is 6.61 Å². The molecule has 3 rings (SSSR count). The molecule has 0 saturated heterocycles. The Bertz CT molecular complexity index is 846. The summed E-state index contributed by atoms with van der Waals surface area (Å²) in [6.45, 7) is 7.02. The molecule has 142 valence electrons. The van der Waals surface area contributed by atoms with E-state index in [1.807, 2.05) is 24.3 Å². The third-order valence-corrected chi connectivity index (χ3v) is 5.44. The molecule has 1 aliphatic carbocycles. The summed E-state index contributed by atoms with van der Waals surface area (Å²) in [5, 5.41) is 10.9. The average molecular weight is 383 g/mol. The van der Waals surface area contributed by atoms with Crippen molar-refractivity contribution in [1.29, 1.82) is 5.41 Å². The van der Waals surface area contributed by atoms with Crippen LogP contribution in [0.3, 0.4) is 0 Å². The van der Waals surface area contributed by atoms with E-state index in [0.717, 1.165) is 41.8 Å². The van der Waals surface area contributed by atoms with Crippen molar-refractivity contribution >= 4 is 28.9 Å². The van der Waals surface area contributed by atoms with Crippen LogP contribution in [0.2, 0.25) is 0 Å². The van der Waals surface area contributed by atoms with Crippen LogP contribution in [0, 0.1) is 10.8 Å². The zero-order valence-electron chi connectivity index (χ0n) is 16.1. The van der Waals surface area contributed by atoms with Crippen LogP contribution in [0.4, 0.5) is 0 Å². The number of hydrogen-bond acceptors (Lipinski definition) is 4. The molecule has 0 spiro atoms. The molecule has 27 heavy (non-hydrogen) atoms. The van der Waals surface area contributed by atoms with Gasteiger partial charge >= 0.3 is 0 Å². The standard InChI is InChI=1S/C22H26N2O2S/c1-4-5-10-26-15-8-6-14(7-9-15)19-16(13-23)21(27)24-17-11-22(2,3)12-18(25)20(17)19/h6-9,19,23H,4-5,10-12H2,1-3H3,(H,24,27). The summed E-state index contributed by atoms with van der Waals surface area (Å²) in [5.41, 5.74) is 3.03. The molecule has 0 saturated carbocycles. The van der Waals surface area contributed by atoms with Crippen LogP contribution in [0.15, 0.2) is 41.1 Å². The number of rotatable bonds is 5. The van der Waals surface area contributed by atoms with Gasteiger partial charge in [0.2, 0.25) is 0 Å². The number of unbranched alkanes of at least 4 members (excludes halogenated alkanes) is 1. The number of allylic oxidation sites excluding steroid dienone is 2. The quantitative estimate of drug-likeness (QED) is 0.335. The summed E-state index contributed by atoms with van der Waals surface area (Å²) < 4.78 is 5.74. The molecule has 4 nitrogen and oxygen atoms in total. The van der Waals surface area contributed by atoms with Gasteiger partial charge in [0.05, 0.1) is 18.1 Å². The lowest BCUT2D eigenvalue weighted by atomic mass is 9.69. The fourth-order valence-electron chi connectivity index (χ4n) is 3.81. The molecule has 2 aliphatic rings. The van der Waals surface area contributed by atoms with E-state index in [-0.39, 0.29) is 17.1 Å². The summed E-state index contributed by atoms with van der Waals surface area (Å²) in [7, 11) is 0. The summed E-state index contributed by atoms with van der Waals surface area (Å²) >= 11 is 5.48. The third-order valence-electron chi connectivity index (χ3n) is 5.12. The minimum Gasteiger partial charge on any atom is -0.494 e. The van der Waals surface area contributed by atoms with Gasteiger partial charge in [-0.1, -0.05) is 51.5 Å². The van der Waals surface area contributed by atoms with Gasteiger partial charge in [0.15, 0.2) is 5.78 Å². The summed E-state index contributed by atoms with van der Waals surface area (Å²) in [6, 6.07) is 7.79. The number of ether oxygens (including phenoxy) is 1. The molecule has 1 aromatic rings. The van der Waals surface area contributed by atoms with Crippen LogP contribution < -0.4 is 10.1 Å². The Labute approximate surface area is 166 Å². The first-order chi connectivity index (χ1) is 12.9. The minimum absolute atomic E-state index is 0.0913. The van der Waals surface area contributed by atoms with Crippen molar-refractivity contribution in [2.45, 2.75) is 52.4 Å². The molecule has 0 aromatic heterocycles. The van der Waals surface area contributed by atoms with E-state index in [4.69, 9.17) is 22.4 Å². The van der Waals surface area contributed by atoms with Gasteiger partial charge in [-0.15, -0.1) is 0 Å². The average Bonchev–Trinajstić information content (AvgIpc) is 2.60. The molecule has 1 atom stereocenters. The highest BCUT2D eigenvalue weighted by Gasteiger charge is 2.42. The van der Waals surface area contributed by atoms with Gasteiger partial charge in [-0.05, 0) is 41.8 Å². The van der Waals surface area contributed by atoms with E-state index in [2.05, 4.69) is 32.0 Å². The Balaban J connectivity index is 1.99. The normalized spacial score (nSPS) is 21.4. The largest absolute Gasteiger partial charge is 0.494 e. The van der Waals surface area contributed by atoms with Crippen molar-refractivity contribution in [3.63, 3.8) is 0 Å². The number of carbonyl (C=O) groups excluding carboxylic acids is 1. The van der Waals surface area contributed by atoms with Gasteiger partial charge in [-0.25, -0.2) is 0 Å². The second-order valence-electron chi connectivity index (χ2n) is 8.03. The topological polar surface area (TPSA) is 62.2 Å². The van der Waals surface area contributed by atoms with Crippen molar-refractivity contribution < 1.29 is 9.53 Å². The maximum Gasteiger partial charge on any atom is 0.162 e. The van der Waals surface area contributed by atoms with Crippen LogP contribution in [0.5, 0.6) is 5.75 Å². The number of benzene rings is 1. The van der Waals surface area contributed by atoms with Gasteiger partial charge in [0, 0.05) is 17.7 Å². The summed E-state index contributed by atoms with van der Waals surface area (Å²) in [4.78, 5) is 13.5. The molecule has 0 fully saturated rings. The van der Waals surface area contributed by atoms with E-state index >= 15 is 0 Å². The van der Waals surface area contributed by atoms with Gasteiger partial charge in [0.25, 0.3) is 0 Å². The lowest BCUT2D eigenvalue weighted by Crippen LogP contribution is -2.41. The molecule has 1 heterocycles. The Morgan fingerprint density at radius 2 is 2.00 bits per heavy atom. The number of Topliss-reactive ketones (excluding diaryl/α,β-unsaturated/α-hetero) is 1. The SMILES string of the molecule is CCCCOc1ccc(C2C(=C=N)C(=S)NC3=C2C(=O)CC(C)(C)C3)cc1. The van der Waals surface area contributed by atoms with E-state index in [9.17, 15) is 4.79 Å². The molecule has 0 radical (unpaired) electrons. The Morgan fingerprint density at radius 3 is 2.63 bits per heavy atom. The maximum absolute atomic E-state index is 13.0. The van der Waals surface area contributed by atoms with Crippen LogP contribution in [0.25, 0.3) is 0 Å². The first kappa shape index (κ1) is 19.5. The zero-order chi connectivity index (χ0) is 19.6. The molecule has 0 amide bonds. The Morgan fingerprint density at radius 1 is 1.30 bits per heavy atom. The molecule has 2 N–H and O–H groups in total. The van der Waals surface area contributed by atoms with Crippen molar-refractivity contribution in [1.82, 2.24) is 5.32 Å². The highest BCUT2D eigenvalue weighted by molar-refractivity contribution is 7.80. The molecular formula is C22H26N2O2S. The number of thiocarbonyl (C=S) groups is 1. The van der Waals surface area contributed by atoms with E-state index in [1.54, 1.807) is 0 Å². The van der Waals surface area contributed by atoms with Crippen LogP contribution in [0.1, 0.15) is 57.9 Å². The van der Waals surface area contributed by atoms with Crippen LogP contribution >= 0.6 is 12.2 Å². The lowest BCUT2D eigenvalue weighted by molar-refractivity contribution is -0.118. The fourth-order valence-corrected chi connectivity index (χ4v) is 4.11. The third kappa shape index (κ3) is 4.05. The Hall–Kier alpha value is -2.23. The van der Waals surface area contributed by atoms with E-state index < -0.39 is 0 Å². The number of carbonyl (C=O) groups is 1. The number of hydrogen-bond donors (Lipinski definition) is 2. The smallest absolute Gasteiger partial charge is 0.162 e. The predicted molar refractivity (Wildman–Crippen MR) is 112 cm³/mol. The van der Waals surface area contributed by atoms with Gasteiger partial charge < -0.3 is 10.1 Å². The molecular weight excluding hydrogens is 356 g/mol. The van der Waals surface area contributed by atoms with Crippen molar-refractivity contribution in [3.8, 4) is 5.75 Å². The number of ketones is 1. The highest BCUT2D eigenvalue weighted by atomic mass is 32.1.